The van der Waals surface area contributed by atoms with Crippen molar-refractivity contribution in [2.45, 2.75) is 58.9 Å². The molecule has 0 heterocycles. The van der Waals surface area contributed by atoms with E-state index in [1.165, 1.54) is 0 Å². The van der Waals surface area contributed by atoms with Crippen LogP contribution in [0.25, 0.3) is 6.08 Å². The minimum absolute atomic E-state index is 0.0340. The molecule has 27 heavy (non-hydrogen) atoms. The van der Waals surface area contributed by atoms with Crippen LogP contribution in [0.2, 0.25) is 58.9 Å². The highest BCUT2D eigenvalue weighted by molar-refractivity contribution is 6.71. The van der Waals surface area contributed by atoms with Crippen LogP contribution in [0.5, 0.6) is 17.2 Å². The highest BCUT2D eigenvalue weighted by Crippen LogP contribution is 2.43. The van der Waals surface area contributed by atoms with Crippen molar-refractivity contribution < 1.29 is 13.3 Å². The molecule has 1 aromatic rings. The minimum atomic E-state index is -1.93. The van der Waals surface area contributed by atoms with Crippen LogP contribution in [0.3, 0.4) is 0 Å². The molecule has 0 aliphatic rings. The third-order valence-corrected chi connectivity index (χ3v) is 5.32. The Morgan fingerprint density at radius 1 is 0.741 bits per heavy atom. The van der Waals surface area contributed by atoms with Gasteiger partial charge in [-0.1, -0.05) is 0 Å². The summed E-state index contributed by atoms with van der Waals surface area (Å²) in [5.41, 5.74) is 0.726. The average molecular weight is 419 g/mol. The van der Waals surface area contributed by atoms with Gasteiger partial charge in [0.25, 0.3) is 0 Å². The monoisotopic (exact) mass is 418 g/mol. The fourth-order valence-corrected chi connectivity index (χ4v) is 4.59. The van der Waals surface area contributed by atoms with Crippen molar-refractivity contribution in [3.05, 3.63) is 23.3 Å². The molecule has 0 saturated heterocycles. The number of rotatable bonds is 7. The van der Waals surface area contributed by atoms with Crippen molar-refractivity contribution in [3.8, 4) is 29.4 Å². The molecule has 0 amide bonds. The normalized spacial score (nSPS) is 11.8. The topological polar surface area (TPSA) is 75.3 Å². The Hall–Kier alpha value is -2.01. The lowest BCUT2D eigenvalue weighted by Gasteiger charge is -2.30. The van der Waals surface area contributed by atoms with Crippen LogP contribution < -0.4 is 13.3 Å². The molecular weight excluding hydrogens is 388 g/mol. The molecule has 0 atom stereocenters. The standard InChI is InChI=1S/C19H30N2O3Si3/c1-25(2,3)22-17-11-15(10-16(13-20)14-21)12-18(23-26(4,5)6)19(17)24-27(7,8)9/h10-12H,1-9H3. The van der Waals surface area contributed by atoms with Gasteiger partial charge in [0.05, 0.1) is 0 Å². The Kier molecular flexibility index (Phi) is 7.11. The molecule has 0 saturated carbocycles. The van der Waals surface area contributed by atoms with E-state index in [0.717, 1.165) is 0 Å². The number of nitrogens with zero attached hydrogens (tertiary/aromatic N) is 2. The molecule has 0 aliphatic heterocycles. The van der Waals surface area contributed by atoms with Crippen LogP contribution in [0.4, 0.5) is 0 Å². The third kappa shape index (κ3) is 8.48. The van der Waals surface area contributed by atoms with E-state index >= 15 is 0 Å². The van der Waals surface area contributed by atoms with Gasteiger partial charge >= 0.3 is 0 Å². The van der Waals surface area contributed by atoms with E-state index in [9.17, 15) is 0 Å². The molecule has 1 rings (SSSR count). The van der Waals surface area contributed by atoms with Crippen LogP contribution in [-0.4, -0.2) is 25.0 Å². The first-order valence-corrected chi connectivity index (χ1v) is 19.1. The Labute approximate surface area is 166 Å². The van der Waals surface area contributed by atoms with Crippen molar-refractivity contribution in [2.75, 3.05) is 0 Å². The molecule has 0 spiro atoms. The third-order valence-electron chi connectivity index (χ3n) is 2.84. The first kappa shape index (κ1) is 23.0. The van der Waals surface area contributed by atoms with Gasteiger partial charge in [0.1, 0.15) is 29.2 Å². The van der Waals surface area contributed by atoms with E-state index in [1.807, 2.05) is 24.3 Å². The zero-order valence-electron chi connectivity index (χ0n) is 17.9. The molecule has 1 aromatic carbocycles. The second-order valence-electron chi connectivity index (χ2n) is 9.27. The summed E-state index contributed by atoms with van der Waals surface area (Å²) in [6.45, 7) is 18.9. The van der Waals surface area contributed by atoms with E-state index in [2.05, 4.69) is 58.9 Å². The second kappa shape index (κ2) is 8.34. The average Bonchev–Trinajstić information content (AvgIpc) is 2.44. The summed E-state index contributed by atoms with van der Waals surface area (Å²) in [6, 6.07) is 7.47. The van der Waals surface area contributed by atoms with Crippen LogP contribution in [-0.2, 0) is 0 Å². The van der Waals surface area contributed by atoms with Crippen molar-refractivity contribution in [1.82, 2.24) is 0 Å². The van der Waals surface area contributed by atoms with Gasteiger partial charge in [-0.2, -0.15) is 10.5 Å². The molecular formula is C19H30N2O3Si3. The molecule has 5 nitrogen and oxygen atoms in total. The van der Waals surface area contributed by atoms with Gasteiger partial charge in [-0.15, -0.1) is 0 Å². The lowest BCUT2D eigenvalue weighted by molar-refractivity contribution is 0.454. The summed E-state index contributed by atoms with van der Waals surface area (Å²) in [7, 11) is -5.77. The van der Waals surface area contributed by atoms with E-state index in [4.69, 9.17) is 23.8 Å². The van der Waals surface area contributed by atoms with Crippen molar-refractivity contribution in [3.63, 3.8) is 0 Å². The first-order valence-electron chi connectivity index (χ1n) is 8.90. The highest BCUT2D eigenvalue weighted by atomic mass is 28.4. The number of hydrogen-bond acceptors (Lipinski definition) is 5. The van der Waals surface area contributed by atoms with Gasteiger partial charge in [0, 0.05) is 0 Å². The number of benzene rings is 1. The van der Waals surface area contributed by atoms with Gasteiger partial charge in [-0.05, 0) is 82.7 Å². The van der Waals surface area contributed by atoms with Gasteiger partial charge in [0.15, 0.2) is 5.75 Å². The van der Waals surface area contributed by atoms with Gasteiger partial charge in [-0.3, -0.25) is 0 Å². The van der Waals surface area contributed by atoms with E-state index in [-0.39, 0.29) is 5.57 Å². The molecule has 146 valence electrons. The van der Waals surface area contributed by atoms with E-state index in [1.54, 1.807) is 6.08 Å². The number of allylic oxidation sites excluding steroid dienone is 1. The van der Waals surface area contributed by atoms with Crippen molar-refractivity contribution >= 4 is 31.0 Å². The maximum atomic E-state index is 9.10. The van der Waals surface area contributed by atoms with Gasteiger partial charge in [-0.25, -0.2) is 0 Å². The van der Waals surface area contributed by atoms with Gasteiger partial charge in [0.2, 0.25) is 25.0 Å². The predicted molar refractivity (Wildman–Crippen MR) is 118 cm³/mol. The van der Waals surface area contributed by atoms with E-state index in [0.29, 0.717) is 22.8 Å². The predicted octanol–water partition coefficient (Wildman–Crippen LogP) is 5.76. The molecule has 0 radical (unpaired) electrons. The summed E-state index contributed by atoms with van der Waals surface area (Å²) in [5.74, 6) is 1.87. The van der Waals surface area contributed by atoms with Crippen LogP contribution in [0, 0.1) is 22.7 Å². The molecule has 0 unspecified atom stereocenters. The van der Waals surface area contributed by atoms with Crippen LogP contribution in [0.1, 0.15) is 5.56 Å². The molecule has 0 aromatic heterocycles. The van der Waals surface area contributed by atoms with Gasteiger partial charge < -0.3 is 13.3 Å². The fourth-order valence-electron chi connectivity index (χ4n) is 2.15. The SMILES string of the molecule is C[Si](C)(C)Oc1cc(C=C(C#N)C#N)cc(O[Si](C)(C)C)c1O[Si](C)(C)C. The number of hydrogen-bond donors (Lipinski definition) is 0. The molecule has 0 bridgehead atoms. The summed E-state index contributed by atoms with van der Waals surface area (Å²) in [4.78, 5) is 0. The smallest absolute Gasteiger partial charge is 0.242 e. The lowest BCUT2D eigenvalue weighted by atomic mass is 10.1. The van der Waals surface area contributed by atoms with Crippen LogP contribution in [0.15, 0.2) is 17.7 Å². The fraction of sp³-hybridized carbons (Fsp3) is 0.474. The van der Waals surface area contributed by atoms with Crippen molar-refractivity contribution in [2.24, 2.45) is 0 Å². The molecule has 0 N–H and O–H groups in total. The Morgan fingerprint density at radius 2 is 1.11 bits per heavy atom. The van der Waals surface area contributed by atoms with E-state index < -0.39 is 25.0 Å². The summed E-state index contributed by atoms with van der Waals surface area (Å²) >= 11 is 0. The zero-order valence-corrected chi connectivity index (χ0v) is 20.9. The summed E-state index contributed by atoms with van der Waals surface area (Å²) in [5, 5.41) is 18.2. The highest BCUT2D eigenvalue weighted by Gasteiger charge is 2.28. The maximum Gasteiger partial charge on any atom is 0.242 e. The number of nitriles is 2. The Bertz CT molecular complexity index is 749. The summed E-state index contributed by atoms with van der Waals surface area (Å²) < 4.78 is 19.0. The molecule has 0 fully saturated rings. The second-order valence-corrected chi connectivity index (χ2v) is 22.6. The van der Waals surface area contributed by atoms with Crippen molar-refractivity contribution in [1.29, 1.82) is 10.5 Å². The molecule has 0 aliphatic carbocycles. The first-order chi connectivity index (χ1) is 12.1. The quantitative estimate of drug-likeness (QED) is 0.416. The molecule has 8 heteroatoms. The Morgan fingerprint density at radius 3 is 1.41 bits per heavy atom. The lowest BCUT2D eigenvalue weighted by Crippen LogP contribution is -2.34. The minimum Gasteiger partial charge on any atom is -0.542 e. The maximum absolute atomic E-state index is 9.10. The largest absolute Gasteiger partial charge is 0.542 e. The Balaban J connectivity index is 3.72. The zero-order chi connectivity index (χ0) is 21.0. The summed E-state index contributed by atoms with van der Waals surface area (Å²) in [6.07, 6.45) is 1.55. The van der Waals surface area contributed by atoms with Crippen LogP contribution >= 0.6 is 0 Å².